The van der Waals surface area contributed by atoms with Crippen LogP contribution in [0.5, 0.6) is 0 Å². The summed E-state index contributed by atoms with van der Waals surface area (Å²) in [6.07, 6.45) is 11.6. The first-order chi connectivity index (χ1) is 17.3. The minimum atomic E-state index is 0.0435. The summed E-state index contributed by atoms with van der Waals surface area (Å²) in [5.41, 5.74) is 9.37. The lowest BCUT2D eigenvalue weighted by molar-refractivity contribution is 0.0954. The Labute approximate surface area is 217 Å². The fourth-order valence-electron chi connectivity index (χ4n) is 4.43. The molecule has 3 aromatic rings. The molecule has 0 aliphatic carbocycles. The van der Waals surface area contributed by atoms with Crippen molar-refractivity contribution < 1.29 is 4.79 Å². The van der Waals surface area contributed by atoms with E-state index in [4.69, 9.17) is 0 Å². The number of carbonyl (C=O) groups excluding carboxylic acids is 1. The molecular formula is C33H40N2O. The Kier molecular flexibility index (Phi) is 11.0. The van der Waals surface area contributed by atoms with E-state index in [0.717, 1.165) is 36.1 Å². The van der Waals surface area contributed by atoms with Crippen LogP contribution in [-0.2, 0) is 13.0 Å². The number of benzene rings is 2. The zero-order chi connectivity index (χ0) is 26.7. The van der Waals surface area contributed by atoms with E-state index >= 15 is 0 Å². The molecule has 0 unspecified atom stereocenters. The van der Waals surface area contributed by atoms with Gasteiger partial charge >= 0.3 is 0 Å². The number of hydrogen-bond acceptors (Lipinski definition) is 1. The molecule has 2 heterocycles. The highest BCUT2D eigenvalue weighted by atomic mass is 16.1. The highest BCUT2D eigenvalue weighted by molar-refractivity contribution is 6.03. The third-order valence-corrected chi connectivity index (χ3v) is 6.04. The van der Waals surface area contributed by atoms with Gasteiger partial charge in [-0.2, -0.15) is 0 Å². The molecule has 4 rings (SSSR count). The number of aromatic nitrogens is 1. The normalized spacial score (nSPS) is 12.9. The van der Waals surface area contributed by atoms with Gasteiger partial charge in [0.15, 0.2) is 0 Å². The third kappa shape index (κ3) is 6.63. The summed E-state index contributed by atoms with van der Waals surface area (Å²) >= 11 is 0. The molecule has 0 saturated carbocycles. The highest BCUT2D eigenvalue weighted by Crippen LogP contribution is 2.30. The van der Waals surface area contributed by atoms with Crippen LogP contribution in [0.25, 0.3) is 22.0 Å². The van der Waals surface area contributed by atoms with Crippen molar-refractivity contribution in [3.8, 4) is 0 Å². The number of nitrogens with zero attached hydrogens (tertiary/aromatic N) is 1. The van der Waals surface area contributed by atoms with Crippen LogP contribution < -0.4 is 5.32 Å². The molecule has 2 aromatic carbocycles. The predicted molar refractivity (Wildman–Crippen MR) is 158 cm³/mol. The predicted octanol–water partition coefficient (Wildman–Crippen LogP) is 8.31. The average Bonchev–Trinajstić information content (AvgIpc) is 3.24. The molecule has 1 aliphatic heterocycles. The topological polar surface area (TPSA) is 34.0 Å². The molecule has 0 radical (unpaired) electrons. The van der Waals surface area contributed by atoms with Crippen molar-refractivity contribution in [1.29, 1.82) is 0 Å². The van der Waals surface area contributed by atoms with E-state index in [1.165, 1.54) is 33.2 Å². The second-order valence-electron chi connectivity index (χ2n) is 8.70. The van der Waals surface area contributed by atoms with Crippen LogP contribution >= 0.6 is 0 Å². The quantitative estimate of drug-likeness (QED) is 0.279. The van der Waals surface area contributed by atoms with Crippen molar-refractivity contribution in [2.24, 2.45) is 0 Å². The van der Waals surface area contributed by atoms with E-state index < -0.39 is 0 Å². The van der Waals surface area contributed by atoms with Crippen molar-refractivity contribution in [2.75, 3.05) is 6.54 Å². The van der Waals surface area contributed by atoms with Gasteiger partial charge in [0.1, 0.15) is 0 Å². The molecule has 188 valence electrons. The second-order valence-corrected chi connectivity index (χ2v) is 8.70. The number of amides is 1. The van der Waals surface area contributed by atoms with Gasteiger partial charge in [0.2, 0.25) is 0 Å². The van der Waals surface area contributed by atoms with Crippen LogP contribution in [0.15, 0.2) is 93.2 Å². The van der Waals surface area contributed by atoms with Crippen LogP contribution in [0.1, 0.15) is 59.8 Å². The number of aryl methyl sites for hydroxylation is 2. The molecule has 1 N–H and O–H groups in total. The zero-order valence-electron chi connectivity index (χ0n) is 22.4. The van der Waals surface area contributed by atoms with Crippen molar-refractivity contribution in [1.82, 2.24) is 9.88 Å². The van der Waals surface area contributed by atoms with Crippen LogP contribution in [-0.4, -0.2) is 17.0 Å². The van der Waals surface area contributed by atoms with Gasteiger partial charge in [-0.15, -0.1) is 6.58 Å². The van der Waals surface area contributed by atoms with Gasteiger partial charge in [-0.25, -0.2) is 0 Å². The minimum Gasteiger partial charge on any atom is -0.348 e. The van der Waals surface area contributed by atoms with Gasteiger partial charge in [-0.3, -0.25) is 4.79 Å². The van der Waals surface area contributed by atoms with Crippen molar-refractivity contribution >= 4 is 28.0 Å². The van der Waals surface area contributed by atoms with Crippen molar-refractivity contribution in [2.45, 2.75) is 47.1 Å². The minimum absolute atomic E-state index is 0.0435. The van der Waals surface area contributed by atoms with E-state index in [-0.39, 0.29) is 5.91 Å². The molecule has 0 fully saturated rings. The molecular weight excluding hydrogens is 440 g/mol. The lowest BCUT2D eigenvalue weighted by Gasteiger charge is -2.21. The summed E-state index contributed by atoms with van der Waals surface area (Å²) < 4.78 is 2.29. The van der Waals surface area contributed by atoms with E-state index in [1.807, 2.05) is 18.2 Å². The maximum absolute atomic E-state index is 11.6. The summed E-state index contributed by atoms with van der Waals surface area (Å²) in [6.45, 7) is 24.7. The zero-order valence-corrected chi connectivity index (χ0v) is 22.4. The van der Waals surface area contributed by atoms with E-state index in [1.54, 1.807) is 12.2 Å². The summed E-state index contributed by atoms with van der Waals surface area (Å²) in [4.78, 5) is 11.6. The summed E-state index contributed by atoms with van der Waals surface area (Å²) in [5, 5.41) is 4.23. The van der Waals surface area contributed by atoms with E-state index in [9.17, 15) is 4.79 Å². The fraction of sp³-hybridized carbons (Fsp3) is 0.242. The van der Waals surface area contributed by atoms with Gasteiger partial charge < -0.3 is 9.88 Å². The summed E-state index contributed by atoms with van der Waals surface area (Å²) in [5.74, 6) is 0.0435. The molecule has 0 bridgehead atoms. The Balaban J connectivity index is 0.000000222. The summed E-state index contributed by atoms with van der Waals surface area (Å²) in [6, 6.07) is 12.3. The first-order valence-electron chi connectivity index (χ1n) is 12.5. The Morgan fingerprint density at radius 1 is 1.08 bits per heavy atom. The molecule has 3 heteroatoms. The lowest BCUT2D eigenvalue weighted by atomic mass is 9.91. The Morgan fingerprint density at radius 3 is 2.36 bits per heavy atom. The summed E-state index contributed by atoms with van der Waals surface area (Å²) in [7, 11) is 0. The molecule has 0 saturated heterocycles. The molecule has 1 aromatic heterocycles. The average molecular weight is 481 g/mol. The van der Waals surface area contributed by atoms with Crippen LogP contribution in [0.3, 0.4) is 0 Å². The number of nitrogens with one attached hydrogen (secondary N) is 1. The molecule has 1 aliphatic rings. The third-order valence-electron chi connectivity index (χ3n) is 6.04. The first kappa shape index (κ1) is 28.4. The highest BCUT2D eigenvalue weighted by Gasteiger charge is 2.21. The van der Waals surface area contributed by atoms with E-state index in [2.05, 4.69) is 100 Å². The largest absolute Gasteiger partial charge is 0.348 e. The number of allylic oxidation sites excluding steroid dienone is 5. The molecule has 0 spiro atoms. The smallest absolute Gasteiger partial charge is 0.252 e. The maximum Gasteiger partial charge on any atom is 0.252 e. The van der Waals surface area contributed by atoms with Gasteiger partial charge in [0.25, 0.3) is 5.91 Å². The number of rotatable bonds is 6. The second kappa shape index (κ2) is 13.9. The van der Waals surface area contributed by atoms with Crippen molar-refractivity contribution in [3.05, 3.63) is 121 Å². The molecule has 1 amide bonds. The monoisotopic (exact) mass is 480 g/mol. The standard InChI is InChI=1S/C16H19N.C13H15NO.C4H6/c1-5-8-13-11-17(6-2)15-10-7-9-14(12(3)4)16(13)15;1-3-5-10-8-14-13(15)11-7-4-6-9(2)12(10)11;1-3-4-2/h5,7,9-11H,1,3,6,8H2,2,4H3;4-7H,3,8H2,1-2H3,(H,14,15);3-4H,1-2H2/b;10-5-;. The lowest BCUT2D eigenvalue weighted by Crippen LogP contribution is -2.31. The van der Waals surface area contributed by atoms with Gasteiger partial charge in [-0.1, -0.05) is 80.8 Å². The SMILES string of the molecule is C=CC=C.C=CCc1cn(CC)c2cccc(C(=C)C)c12.CC/C=C1/CNC(=O)c2cccc(C)c21. The maximum atomic E-state index is 11.6. The van der Waals surface area contributed by atoms with Crippen LogP contribution in [0.4, 0.5) is 0 Å². The van der Waals surface area contributed by atoms with Crippen LogP contribution in [0, 0.1) is 6.92 Å². The Bertz CT molecular complexity index is 1280. The molecule has 3 nitrogen and oxygen atoms in total. The number of carbonyl (C=O) groups is 1. The van der Waals surface area contributed by atoms with E-state index in [0.29, 0.717) is 6.54 Å². The van der Waals surface area contributed by atoms with Crippen LogP contribution in [0.2, 0.25) is 0 Å². The van der Waals surface area contributed by atoms with Gasteiger partial charge in [0, 0.05) is 35.8 Å². The number of fused-ring (bicyclic) bond motifs is 2. The Morgan fingerprint density at radius 2 is 1.78 bits per heavy atom. The Hall–Kier alpha value is -3.85. The van der Waals surface area contributed by atoms with Gasteiger partial charge in [-0.05, 0) is 73.6 Å². The van der Waals surface area contributed by atoms with Gasteiger partial charge in [0.05, 0.1) is 0 Å². The number of hydrogen-bond donors (Lipinski definition) is 1. The molecule has 36 heavy (non-hydrogen) atoms. The fourth-order valence-corrected chi connectivity index (χ4v) is 4.43. The van der Waals surface area contributed by atoms with Crippen molar-refractivity contribution in [3.63, 3.8) is 0 Å². The molecule has 0 atom stereocenters. The first-order valence-corrected chi connectivity index (χ1v) is 12.5.